The molecule has 0 unspecified atom stereocenters. The lowest BCUT2D eigenvalue weighted by molar-refractivity contribution is 0.600. The SMILES string of the molecule is CNc1cc(C)c(S(=O)(=O)Nc2ccc(F)cc2)c(C)c1. The number of nitrogens with one attached hydrogen (secondary N) is 2. The molecule has 0 bridgehead atoms. The molecular formula is C15H17FN2O2S. The van der Waals surface area contributed by atoms with E-state index in [1.807, 2.05) is 0 Å². The fourth-order valence-electron chi connectivity index (χ4n) is 2.24. The lowest BCUT2D eigenvalue weighted by atomic mass is 10.1. The van der Waals surface area contributed by atoms with Crippen molar-refractivity contribution in [1.82, 2.24) is 0 Å². The summed E-state index contributed by atoms with van der Waals surface area (Å²) in [5, 5.41) is 2.99. The maximum atomic E-state index is 12.9. The summed E-state index contributed by atoms with van der Waals surface area (Å²) in [7, 11) is -1.94. The Labute approximate surface area is 124 Å². The van der Waals surface area contributed by atoms with E-state index in [4.69, 9.17) is 0 Å². The monoisotopic (exact) mass is 308 g/mol. The molecule has 0 atom stereocenters. The van der Waals surface area contributed by atoms with E-state index in [0.717, 1.165) is 5.69 Å². The van der Waals surface area contributed by atoms with Crippen LogP contribution in [0.3, 0.4) is 0 Å². The summed E-state index contributed by atoms with van der Waals surface area (Å²) < 4.78 is 40.3. The molecule has 2 N–H and O–H groups in total. The first-order valence-electron chi connectivity index (χ1n) is 6.41. The first kappa shape index (κ1) is 15.3. The van der Waals surface area contributed by atoms with Gasteiger partial charge < -0.3 is 5.32 Å². The van der Waals surface area contributed by atoms with E-state index in [1.165, 1.54) is 24.3 Å². The van der Waals surface area contributed by atoms with Gasteiger partial charge in [0, 0.05) is 18.4 Å². The zero-order valence-corrected chi connectivity index (χ0v) is 12.9. The highest BCUT2D eigenvalue weighted by Gasteiger charge is 2.20. The van der Waals surface area contributed by atoms with E-state index in [1.54, 1.807) is 33.0 Å². The van der Waals surface area contributed by atoms with Crippen molar-refractivity contribution in [1.29, 1.82) is 0 Å². The van der Waals surface area contributed by atoms with Crippen molar-refractivity contribution in [2.45, 2.75) is 18.7 Å². The molecule has 0 saturated carbocycles. The van der Waals surface area contributed by atoms with Crippen LogP contribution in [0.15, 0.2) is 41.3 Å². The third kappa shape index (κ3) is 3.33. The van der Waals surface area contributed by atoms with Crippen molar-refractivity contribution in [3.63, 3.8) is 0 Å². The fraction of sp³-hybridized carbons (Fsp3) is 0.200. The van der Waals surface area contributed by atoms with Crippen LogP contribution in [-0.2, 0) is 10.0 Å². The lowest BCUT2D eigenvalue weighted by Crippen LogP contribution is -2.16. The van der Waals surface area contributed by atoms with Gasteiger partial charge >= 0.3 is 0 Å². The van der Waals surface area contributed by atoms with E-state index in [9.17, 15) is 12.8 Å². The van der Waals surface area contributed by atoms with Crippen LogP contribution in [0.25, 0.3) is 0 Å². The molecule has 2 rings (SSSR count). The van der Waals surface area contributed by atoms with Gasteiger partial charge in [0.05, 0.1) is 4.90 Å². The molecule has 0 aliphatic heterocycles. The van der Waals surface area contributed by atoms with Gasteiger partial charge in [0.15, 0.2) is 0 Å². The molecule has 0 radical (unpaired) electrons. The van der Waals surface area contributed by atoms with E-state index < -0.39 is 15.8 Å². The van der Waals surface area contributed by atoms with Crippen LogP contribution in [0.5, 0.6) is 0 Å². The summed E-state index contributed by atoms with van der Waals surface area (Å²) >= 11 is 0. The van der Waals surface area contributed by atoms with Crippen LogP contribution >= 0.6 is 0 Å². The third-order valence-corrected chi connectivity index (χ3v) is 4.80. The molecule has 0 spiro atoms. The zero-order chi connectivity index (χ0) is 15.6. The van der Waals surface area contributed by atoms with Gasteiger partial charge in [-0.15, -0.1) is 0 Å². The summed E-state index contributed by atoms with van der Waals surface area (Å²) in [4.78, 5) is 0.242. The smallest absolute Gasteiger partial charge is 0.262 e. The topological polar surface area (TPSA) is 58.2 Å². The number of anilines is 2. The molecule has 2 aromatic carbocycles. The molecule has 0 aliphatic rings. The van der Waals surface area contributed by atoms with Gasteiger partial charge in [-0.25, -0.2) is 12.8 Å². The maximum Gasteiger partial charge on any atom is 0.262 e. The number of sulfonamides is 1. The van der Waals surface area contributed by atoms with E-state index in [2.05, 4.69) is 10.0 Å². The van der Waals surface area contributed by atoms with Crippen LogP contribution in [0.4, 0.5) is 15.8 Å². The summed E-state index contributed by atoms with van der Waals surface area (Å²) in [5.74, 6) is -0.413. The average molecular weight is 308 g/mol. The average Bonchev–Trinajstić information content (AvgIpc) is 2.39. The second-order valence-electron chi connectivity index (χ2n) is 4.80. The zero-order valence-electron chi connectivity index (χ0n) is 12.1. The highest BCUT2D eigenvalue weighted by molar-refractivity contribution is 7.92. The molecule has 0 aromatic heterocycles. The van der Waals surface area contributed by atoms with Crippen molar-refractivity contribution in [2.24, 2.45) is 0 Å². The number of halogens is 1. The van der Waals surface area contributed by atoms with Crippen molar-refractivity contribution in [2.75, 3.05) is 17.1 Å². The Morgan fingerprint density at radius 1 is 0.952 bits per heavy atom. The van der Waals surface area contributed by atoms with Crippen LogP contribution in [0.1, 0.15) is 11.1 Å². The van der Waals surface area contributed by atoms with Gasteiger partial charge in [-0.2, -0.15) is 0 Å². The van der Waals surface area contributed by atoms with Gasteiger partial charge in [-0.1, -0.05) is 0 Å². The van der Waals surface area contributed by atoms with Crippen LogP contribution < -0.4 is 10.0 Å². The molecule has 0 aliphatic carbocycles. The van der Waals surface area contributed by atoms with Crippen LogP contribution in [0.2, 0.25) is 0 Å². The molecule has 112 valence electrons. The summed E-state index contributed by atoms with van der Waals surface area (Å²) in [6, 6.07) is 8.74. The van der Waals surface area contributed by atoms with Gasteiger partial charge in [-0.3, -0.25) is 4.72 Å². The molecule has 0 heterocycles. The van der Waals surface area contributed by atoms with Gasteiger partial charge in [-0.05, 0) is 61.4 Å². The van der Waals surface area contributed by atoms with E-state index in [0.29, 0.717) is 16.8 Å². The molecule has 0 amide bonds. The fourth-order valence-corrected chi connectivity index (χ4v) is 3.76. The van der Waals surface area contributed by atoms with Gasteiger partial charge in [0.2, 0.25) is 0 Å². The molecular weight excluding hydrogens is 291 g/mol. The Morgan fingerprint density at radius 3 is 1.95 bits per heavy atom. The van der Waals surface area contributed by atoms with E-state index >= 15 is 0 Å². The standard InChI is InChI=1S/C15H17FN2O2S/c1-10-8-14(17-3)9-11(2)15(10)21(19,20)18-13-6-4-12(16)5-7-13/h4-9,17-18H,1-3H3. The van der Waals surface area contributed by atoms with Crippen molar-refractivity contribution in [3.8, 4) is 0 Å². The molecule has 6 heteroatoms. The second-order valence-corrected chi connectivity index (χ2v) is 6.42. The summed E-state index contributed by atoms with van der Waals surface area (Å²) in [6.07, 6.45) is 0. The molecule has 0 fully saturated rings. The first-order valence-corrected chi connectivity index (χ1v) is 7.89. The first-order chi connectivity index (χ1) is 9.83. The number of benzene rings is 2. The number of hydrogen-bond acceptors (Lipinski definition) is 3. The molecule has 2 aromatic rings. The minimum absolute atomic E-state index is 0.242. The quantitative estimate of drug-likeness (QED) is 0.911. The van der Waals surface area contributed by atoms with Crippen LogP contribution in [0, 0.1) is 19.7 Å². The number of rotatable bonds is 4. The van der Waals surface area contributed by atoms with Crippen molar-refractivity contribution >= 4 is 21.4 Å². The molecule has 21 heavy (non-hydrogen) atoms. The maximum absolute atomic E-state index is 12.9. The van der Waals surface area contributed by atoms with Crippen molar-refractivity contribution in [3.05, 3.63) is 53.3 Å². The number of hydrogen-bond donors (Lipinski definition) is 2. The molecule has 0 saturated heterocycles. The Kier molecular flexibility index (Phi) is 4.18. The van der Waals surface area contributed by atoms with Crippen LogP contribution in [-0.4, -0.2) is 15.5 Å². The summed E-state index contributed by atoms with van der Waals surface area (Å²) in [6.45, 7) is 3.49. The highest BCUT2D eigenvalue weighted by Crippen LogP contribution is 2.26. The normalized spacial score (nSPS) is 11.2. The predicted octanol–water partition coefficient (Wildman–Crippen LogP) is 3.29. The third-order valence-electron chi connectivity index (χ3n) is 3.11. The highest BCUT2D eigenvalue weighted by atomic mass is 32.2. The van der Waals surface area contributed by atoms with Gasteiger partial charge in [0.25, 0.3) is 10.0 Å². The Hall–Kier alpha value is -2.08. The van der Waals surface area contributed by atoms with E-state index in [-0.39, 0.29) is 4.90 Å². The Balaban J connectivity index is 2.42. The Morgan fingerprint density at radius 2 is 1.48 bits per heavy atom. The minimum atomic E-state index is -3.71. The Bertz CT molecular complexity index is 733. The minimum Gasteiger partial charge on any atom is -0.388 e. The van der Waals surface area contributed by atoms with Crippen molar-refractivity contribution < 1.29 is 12.8 Å². The summed E-state index contributed by atoms with van der Waals surface area (Å²) in [5.41, 5.74) is 2.47. The predicted molar refractivity (Wildman–Crippen MR) is 82.7 cm³/mol. The second kappa shape index (κ2) is 5.73. The lowest BCUT2D eigenvalue weighted by Gasteiger charge is -2.14. The number of aryl methyl sites for hydroxylation is 2. The van der Waals surface area contributed by atoms with Gasteiger partial charge in [0.1, 0.15) is 5.82 Å². The molecule has 4 nitrogen and oxygen atoms in total. The largest absolute Gasteiger partial charge is 0.388 e.